The molecule has 0 spiro atoms. The van der Waals surface area contributed by atoms with Crippen LogP contribution in [0.2, 0.25) is 0 Å². The summed E-state index contributed by atoms with van der Waals surface area (Å²) >= 11 is 1.71. The van der Waals surface area contributed by atoms with Crippen LogP contribution in [-0.4, -0.2) is 5.17 Å². The zero-order valence-electron chi connectivity index (χ0n) is 11.1. The molecule has 0 fully saturated rings. The Morgan fingerprint density at radius 1 is 1.00 bits per heavy atom. The van der Waals surface area contributed by atoms with Crippen LogP contribution < -0.4 is 5.32 Å². The van der Waals surface area contributed by atoms with E-state index in [0.717, 1.165) is 11.7 Å². The lowest BCUT2D eigenvalue weighted by Crippen LogP contribution is -2.13. The molecule has 1 aliphatic rings. The lowest BCUT2D eigenvalue weighted by Gasteiger charge is -2.18. The topological polar surface area (TPSA) is 24.4 Å². The fourth-order valence-corrected chi connectivity index (χ4v) is 3.11. The molecule has 96 valence electrons. The molecular weight excluding hydrogens is 252 g/mol. The van der Waals surface area contributed by atoms with Gasteiger partial charge in [0.15, 0.2) is 5.17 Å². The Bertz CT molecular complexity index is 627. The monoisotopic (exact) mass is 268 g/mol. The number of aryl methyl sites for hydroxylation is 2. The second kappa shape index (κ2) is 5.10. The Balaban J connectivity index is 1.85. The second-order valence-corrected chi connectivity index (χ2v) is 5.75. The molecule has 2 nitrogen and oxygen atoms in total. The molecule has 0 radical (unpaired) electrons. The normalized spacial score (nSPS) is 13.7. The third-order valence-corrected chi connectivity index (χ3v) is 4.33. The third-order valence-electron chi connectivity index (χ3n) is 3.29. The fourth-order valence-electron chi connectivity index (χ4n) is 2.21. The van der Waals surface area contributed by atoms with Gasteiger partial charge in [-0.3, -0.25) is 4.99 Å². The molecule has 3 heteroatoms. The third kappa shape index (κ3) is 2.51. The van der Waals surface area contributed by atoms with Gasteiger partial charge in [0.25, 0.3) is 0 Å². The molecule has 0 aromatic heterocycles. The molecule has 0 saturated carbocycles. The number of hydrogen-bond donors (Lipinski definition) is 1. The molecule has 2 aromatic carbocycles. The first-order valence-corrected chi connectivity index (χ1v) is 7.19. The molecule has 1 heterocycles. The van der Waals surface area contributed by atoms with Gasteiger partial charge in [0, 0.05) is 10.6 Å². The average Bonchev–Trinajstić information content (AvgIpc) is 2.43. The van der Waals surface area contributed by atoms with Gasteiger partial charge in [-0.2, -0.15) is 0 Å². The van der Waals surface area contributed by atoms with Crippen molar-refractivity contribution in [2.24, 2.45) is 4.99 Å². The smallest absolute Gasteiger partial charge is 0.166 e. The average molecular weight is 268 g/mol. The Labute approximate surface area is 118 Å². The molecular formula is C16H16N2S. The van der Waals surface area contributed by atoms with Gasteiger partial charge in [0.05, 0.1) is 6.54 Å². The minimum atomic E-state index is 0.760. The van der Waals surface area contributed by atoms with Crippen LogP contribution in [0.25, 0.3) is 0 Å². The summed E-state index contributed by atoms with van der Waals surface area (Å²) < 4.78 is 0. The predicted octanol–water partition coefficient (Wildman–Crippen LogP) is 4.38. The van der Waals surface area contributed by atoms with E-state index in [1.54, 1.807) is 11.8 Å². The van der Waals surface area contributed by atoms with Gasteiger partial charge in [-0.05, 0) is 36.6 Å². The first kappa shape index (κ1) is 12.3. The van der Waals surface area contributed by atoms with E-state index in [1.165, 1.54) is 27.3 Å². The van der Waals surface area contributed by atoms with Gasteiger partial charge in [-0.15, -0.1) is 0 Å². The Morgan fingerprint density at radius 2 is 1.74 bits per heavy atom. The van der Waals surface area contributed by atoms with Crippen molar-refractivity contribution in [3.05, 3.63) is 59.2 Å². The molecule has 1 aliphatic heterocycles. The van der Waals surface area contributed by atoms with Crippen molar-refractivity contribution in [1.82, 2.24) is 0 Å². The highest BCUT2D eigenvalue weighted by Crippen LogP contribution is 2.30. The number of benzene rings is 2. The summed E-state index contributed by atoms with van der Waals surface area (Å²) in [5.41, 5.74) is 4.98. The summed E-state index contributed by atoms with van der Waals surface area (Å²) in [5.74, 6) is 0. The highest BCUT2D eigenvalue weighted by atomic mass is 32.2. The number of nitrogens with zero attached hydrogens (tertiary/aromatic N) is 1. The van der Waals surface area contributed by atoms with Crippen molar-refractivity contribution in [3.63, 3.8) is 0 Å². The minimum absolute atomic E-state index is 0.760. The first-order chi connectivity index (χ1) is 9.24. The van der Waals surface area contributed by atoms with Crippen LogP contribution >= 0.6 is 11.8 Å². The first-order valence-electron chi connectivity index (χ1n) is 6.37. The van der Waals surface area contributed by atoms with Crippen molar-refractivity contribution >= 4 is 22.6 Å². The summed E-state index contributed by atoms with van der Waals surface area (Å²) in [7, 11) is 0. The Kier molecular flexibility index (Phi) is 3.30. The Morgan fingerprint density at radius 3 is 2.53 bits per heavy atom. The van der Waals surface area contributed by atoms with Crippen LogP contribution in [0.1, 0.15) is 16.7 Å². The van der Waals surface area contributed by atoms with E-state index in [1.807, 2.05) is 0 Å². The van der Waals surface area contributed by atoms with Gasteiger partial charge in [-0.25, -0.2) is 0 Å². The Hall–Kier alpha value is -1.74. The highest BCUT2D eigenvalue weighted by Gasteiger charge is 2.14. The van der Waals surface area contributed by atoms with Crippen LogP contribution in [0.4, 0.5) is 5.69 Å². The predicted molar refractivity (Wildman–Crippen MR) is 83.0 cm³/mol. The number of para-hydroxylation sites is 1. The molecule has 19 heavy (non-hydrogen) atoms. The quantitative estimate of drug-likeness (QED) is 0.830. The van der Waals surface area contributed by atoms with Gasteiger partial charge < -0.3 is 5.32 Å². The maximum Gasteiger partial charge on any atom is 0.166 e. The summed E-state index contributed by atoms with van der Waals surface area (Å²) in [5, 5.41) is 4.45. The summed E-state index contributed by atoms with van der Waals surface area (Å²) in [6, 6.07) is 14.8. The maximum atomic E-state index is 4.62. The van der Waals surface area contributed by atoms with E-state index < -0.39 is 0 Å². The van der Waals surface area contributed by atoms with E-state index >= 15 is 0 Å². The number of fused-ring (bicyclic) bond motifs is 1. The van der Waals surface area contributed by atoms with E-state index in [-0.39, 0.29) is 0 Å². The van der Waals surface area contributed by atoms with Crippen LogP contribution in [0, 0.1) is 13.8 Å². The molecule has 0 aliphatic carbocycles. The molecule has 0 atom stereocenters. The number of amidine groups is 1. The van der Waals surface area contributed by atoms with Crippen LogP contribution in [0.5, 0.6) is 0 Å². The van der Waals surface area contributed by atoms with Crippen molar-refractivity contribution in [1.29, 1.82) is 0 Å². The van der Waals surface area contributed by atoms with Crippen molar-refractivity contribution in [2.45, 2.75) is 25.3 Å². The fraction of sp³-hybridized carbons (Fsp3) is 0.188. The number of rotatable bonds is 1. The van der Waals surface area contributed by atoms with E-state index in [4.69, 9.17) is 0 Å². The van der Waals surface area contributed by atoms with Gasteiger partial charge >= 0.3 is 0 Å². The molecule has 0 bridgehead atoms. The van der Waals surface area contributed by atoms with E-state index in [9.17, 15) is 0 Å². The molecule has 0 saturated heterocycles. The summed E-state index contributed by atoms with van der Waals surface area (Å²) in [6.07, 6.45) is 0. The second-order valence-electron chi connectivity index (χ2n) is 4.72. The SMILES string of the molecule is Cc1cccc(C)c1NC1=NCc2ccccc2S1. The number of thioether (sulfide) groups is 1. The molecule has 0 amide bonds. The molecule has 3 rings (SSSR count). The van der Waals surface area contributed by atoms with Gasteiger partial charge in [0.1, 0.15) is 0 Å². The van der Waals surface area contributed by atoms with Gasteiger partial charge in [0.2, 0.25) is 0 Å². The van der Waals surface area contributed by atoms with Crippen LogP contribution in [0.15, 0.2) is 52.4 Å². The van der Waals surface area contributed by atoms with Crippen LogP contribution in [-0.2, 0) is 6.54 Å². The lowest BCUT2D eigenvalue weighted by atomic mass is 10.1. The molecule has 0 unspecified atom stereocenters. The number of hydrogen-bond acceptors (Lipinski definition) is 3. The lowest BCUT2D eigenvalue weighted by molar-refractivity contribution is 1.02. The largest absolute Gasteiger partial charge is 0.334 e. The zero-order valence-corrected chi connectivity index (χ0v) is 11.9. The van der Waals surface area contributed by atoms with E-state index in [2.05, 4.69) is 66.6 Å². The van der Waals surface area contributed by atoms with E-state index in [0.29, 0.717) is 0 Å². The minimum Gasteiger partial charge on any atom is -0.334 e. The highest BCUT2D eigenvalue weighted by molar-refractivity contribution is 8.14. The maximum absolute atomic E-state index is 4.62. The van der Waals surface area contributed by atoms with Gasteiger partial charge in [-0.1, -0.05) is 48.2 Å². The molecule has 2 aromatic rings. The van der Waals surface area contributed by atoms with Crippen molar-refractivity contribution < 1.29 is 0 Å². The standard InChI is InChI=1S/C16H16N2S/c1-11-6-5-7-12(2)15(11)18-16-17-10-13-8-3-4-9-14(13)19-16/h3-9H,10H2,1-2H3,(H,17,18). The number of aliphatic imine (C=N–C) groups is 1. The van der Waals surface area contributed by atoms with Crippen molar-refractivity contribution in [3.8, 4) is 0 Å². The van der Waals surface area contributed by atoms with Crippen molar-refractivity contribution in [2.75, 3.05) is 5.32 Å². The number of anilines is 1. The number of nitrogens with one attached hydrogen (secondary N) is 1. The zero-order chi connectivity index (χ0) is 13.2. The van der Waals surface area contributed by atoms with Crippen LogP contribution in [0.3, 0.4) is 0 Å². The summed E-state index contributed by atoms with van der Waals surface area (Å²) in [4.78, 5) is 5.91. The molecule has 1 N–H and O–H groups in total. The summed E-state index contributed by atoms with van der Waals surface area (Å²) in [6.45, 7) is 5.01.